The molecule has 0 aliphatic carbocycles. The zero-order valence-electron chi connectivity index (χ0n) is 17.0. The Morgan fingerprint density at radius 3 is 2.66 bits per heavy atom. The van der Waals surface area contributed by atoms with Crippen LogP contribution in [0.2, 0.25) is 0 Å². The van der Waals surface area contributed by atoms with E-state index in [1.54, 1.807) is 36.1 Å². The standard InChI is InChI=1S/C21H19F3N4O4/c1-20-8-6-17(30)28(20)15-5-3-2-4-13(15)19(32)27(20)9-7-16(29)26-14-10-12(21(22,23)24)11-25-18(14)31/h2-5,10-11H,6-9H2,1H3,(H,25,31)(H,26,29). The molecule has 3 heterocycles. The first-order valence-corrected chi connectivity index (χ1v) is 9.86. The summed E-state index contributed by atoms with van der Waals surface area (Å²) < 4.78 is 38.6. The van der Waals surface area contributed by atoms with E-state index < -0.39 is 34.6 Å². The smallest absolute Gasteiger partial charge is 0.327 e. The van der Waals surface area contributed by atoms with Crippen molar-refractivity contribution in [2.24, 2.45) is 0 Å². The van der Waals surface area contributed by atoms with Crippen molar-refractivity contribution in [1.29, 1.82) is 0 Å². The Morgan fingerprint density at radius 2 is 1.94 bits per heavy atom. The fourth-order valence-corrected chi connectivity index (χ4v) is 4.21. The highest BCUT2D eigenvalue weighted by molar-refractivity contribution is 6.10. The van der Waals surface area contributed by atoms with E-state index in [9.17, 15) is 32.3 Å². The van der Waals surface area contributed by atoms with Gasteiger partial charge in [-0.15, -0.1) is 0 Å². The number of carbonyl (C=O) groups excluding carboxylic acids is 3. The average Bonchev–Trinajstić information content (AvgIpc) is 3.04. The number of hydrogen-bond donors (Lipinski definition) is 2. The van der Waals surface area contributed by atoms with Gasteiger partial charge in [-0.25, -0.2) is 0 Å². The number of H-pyrrole nitrogens is 1. The molecule has 8 nitrogen and oxygen atoms in total. The Balaban J connectivity index is 1.54. The number of halogens is 3. The molecule has 1 aromatic carbocycles. The number of aromatic amines is 1. The van der Waals surface area contributed by atoms with Crippen molar-refractivity contribution in [2.45, 2.75) is 38.0 Å². The van der Waals surface area contributed by atoms with Crippen LogP contribution >= 0.6 is 0 Å². The molecule has 2 aliphatic heterocycles. The summed E-state index contributed by atoms with van der Waals surface area (Å²) in [7, 11) is 0. The maximum atomic E-state index is 13.1. The third-order valence-corrected chi connectivity index (χ3v) is 5.81. The van der Waals surface area contributed by atoms with Crippen LogP contribution in [-0.2, 0) is 15.8 Å². The number of anilines is 2. The Bertz CT molecular complexity index is 1180. The SMILES string of the molecule is CC12CCC(=O)N1c1ccccc1C(=O)N2CCC(=O)Nc1cc(C(F)(F)F)c[nH]c1=O. The monoisotopic (exact) mass is 448 g/mol. The number of nitrogens with one attached hydrogen (secondary N) is 2. The Kier molecular flexibility index (Phi) is 5.06. The highest BCUT2D eigenvalue weighted by atomic mass is 19.4. The van der Waals surface area contributed by atoms with E-state index in [1.807, 2.05) is 4.98 Å². The van der Waals surface area contributed by atoms with Crippen molar-refractivity contribution < 1.29 is 27.6 Å². The number of fused-ring (bicyclic) bond motifs is 3. The number of nitrogens with zero attached hydrogens (tertiary/aromatic N) is 2. The minimum atomic E-state index is -4.69. The zero-order chi connectivity index (χ0) is 23.3. The predicted octanol–water partition coefficient (Wildman–Crippen LogP) is 2.72. The molecule has 2 aromatic rings. The summed E-state index contributed by atoms with van der Waals surface area (Å²) in [6.45, 7) is 1.65. The molecule has 1 atom stereocenters. The molecule has 1 saturated heterocycles. The number of para-hydroxylation sites is 1. The van der Waals surface area contributed by atoms with E-state index >= 15 is 0 Å². The van der Waals surface area contributed by atoms with Crippen molar-refractivity contribution in [3.8, 4) is 0 Å². The van der Waals surface area contributed by atoms with Crippen molar-refractivity contribution in [3.63, 3.8) is 0 Å². The number of benzene rings is 1. The first kappa shape index (κ1) is 21.6. The molecule has 4 rings (SSSR count). The van der Waals surface area contributed by atoms with Crippen LogP contribution in [-0.4, -0.2) is 39.8 Å². The fourth-order valence-electron chi connectivity index (χ4n) is 4.21. The minimum Gasteiger partial charge on any atom is -0.327 e. The lowest BCUT2D eigenvalue weighted by atomic mass is 9.98. The van der Waals surface area contributed by atoms with Crippen molar-refractivity contribution in [3.05, 3.63) is 58.0 Å². The van der Waals surface area contributed by atoms with Crippen LogP contribution in [0.4, 0.5) is 24.5 Å². The van der Waals surface area contributed by atoms with Gasteiger partial charge in [-0.2, -0.15) is 13.2 Å². The van der Waals surface area contributed by atoms with Crippen molar-refractivity contribution in [2.75, 3.05) is 16.8 Å². The average molecular weight is 448 g/mol. The normalized spacial score (nSPS) is 20.2. The van der Waals surface area contributed by atoms with Crippen molar-refractivity contribution in [1.82, 2.24) is 9.88 Å². The van der Waals surface area contributed by atoms with E-state index in [-0.39, 0.29) is 31.2 Å². The first-order chi connectivity index (χ1) is 15.0. The molecular formula is C21H19F3N4O4. The van der Waals surface area contributed by atoms with Crippen LogP contribution in [0, 0.1) is 0 Å². The van der Waals surface area contributed by atoms with E-state index in [0.29, 0.717) is 29.9 Å². The maximum Gasteiger partial charge on any atom is 0.417 e. The van der Waals surface area contributed by atoms with Gasteiger partial charge in [-0.05, 0) is 31.5 Å². The second-order valence-corrected chi connectivity index (χ2v) is 7.85. The lowest BCUT2D eigenvalue weighted by molar-refractivity contribution is -0.137. The van der Waals surface area contributed by atoms with Crippen LogP contribution in [0.25, 0.3) is 0 Å². The highest BCUT2D eigenvalue weighted by Crippen LogP contribution is 2.44. The maximum absolute atomic E-state index is 13.1. The summed E-state index contributed by atoms with van der Waals surface area (Å²) in [6, 6.07) is 7.24. The summed E-state index contributed by atoms with van der Waals surface area (Å²) in [5.74, 6) is -1.22. The van der Waals surface area contributed by atoms with Crippen LogP contribution in [0.5, 0.6) is 0 Å². The Morgan fingerprint density at radius 1 is 1.22 bits per heavy atom. The van der Waals surface area contributed by atoms with Gasteiger partial charge in [0.05, 0.1) is 16.8 Å². The second kappa shape index (κ2) is 7.50. The van der Waals surface area contributed by atoms with Gasteiger partial charge in [0.25, 0.3) is 11.5 Å². The van der Waals surface area contributed by atoms with Crippen LogP contribution in [0.1, 0.15) is 42.1 Å². The lowest BCUT2D eigenvalue weighted by Crippen LogP contribution is -2.62. The Labute approximate surface area is 180 Å². The van der Waals surface area contributed by atoms with Crippen LogP contribution < -0.4 is 15.8 Å². The number of aromatic nitrogens is 1. The number of carbonyl (C=O) groups is 3. The number of rotatable bonds is 4. The predicted molar refractivity (Wildman–Crippen MR) is 108 cm³/mol. The van der Waals surface area contributed by atoms with Crippen LogP contribution in [0.15, 0.2) is 41.3 Å². The molecule has 168 valence electrons. The summed E-state index contributed by atoms with van der Waals surface area (Å²) in [4.78, 5) is 54.8. The van der Waals surface area contributed by atoms with E-state index in [0.717, 1.165) is 0 Å². The van der Waals surface area contributed by atoms with E-state index in [4.69, 9.17) is 0 Å². The van der Waals surface area contributed by atoms with E-state index in [2.05, 4.69) is 5.32 Å². The number of pyridine rings is 1. The molecule has 32 heavy (non-hydrogen) atoms. The van der Waals surface area contributed by atoms with Crippen molar-refractivity contribution >= 4 is 29.1 Å². The summed E-state index contributed by atoms with van der Waals surface area (Å²) in [6.07, 6.45) is -3.83. The molecule has 2 N–H and O–H groups in total. The molecule has 0 saturated carbocycles. The third kappa shape index (κ3) is 3.53. The quantitative estimate of drug-likeness (QED) is 0.751. The van der Waals surface area contributed by atoms with Gasteiger partial charge in [0.2, 0.25) is 11.8 Å². The van der Waals surface area contributed by atoms with Gasteiger partial charge >= 0.3 is 6.18 Å². The fraction of sp³-hybridized carbons (Fsp3) is 0.333. The first-order valence-electron chi connectivity index (χ1n) is 9.86. The topological polar surface area (TPSA) is 103 Å². The summed E-state index contributed by atoms with van der Waals surface area (Å²) in [5, 5.41) is 2.18. The molecule has 2 aliphatic rings. The van der Waals surface area contributed by atoms with Gasteiger partial charge in [0.15, 0.2) is 0 Å². The molecule has 3 amide bonds. The third-order valence-electron chi connectivity index (χ3n) is 5.81. The van der Waals surface area contributed by atoms with Gasteiger partial charge in [0, 0.05) is 25.6 Å². The number of amides is 3. The lowest BCUT2D eigenvalue weighted by Gasteiger charge is -2.48. The summed E-state index contributed by atoms with van der Waals surface area (Å²) in [5.41, 5.74) is -2.65. The number of alkyl halides is 3. The Hall–Kier alpha value is -3.63. The van der Waals surface area contributed by atoms with Gasteiger partial charge < -0.3 is 15.2 Å². The summed E-state index contributed by atoms with van der Waals surface area (Å²) >= 11 is 0. The molecule has 0 bridgehead atoms. The molecular weight excluding hydrogens is 429 g/mol. The van der Waals surface area contributed by atoms with Crippen LogP contribution in [0.3, 0.4) is 0 Å². The largest absolute Gasteiger partial charge is 0.417 e. The van der Waals surface area contributed by atoms with Gasteiger partial charge in [0.1, 0.15) is 11.4 Å². The highest BCUT2D eigenvalue weighted by Gasteiger charge is 2.52. The van der Waals surface area contributed by atoms with Gasteiger partial charge in [-0.3, -0.25) is 24.1 Å². The number of hydrogen-bond acceptors (Lipinski definition) is 4. The molecule has 0 spiro atoms. The van der Waals surface area contributed by atoms with Gasteiger partial charge in [-0.1, -0.05) is 12.1 Å². The minimum absolute atomic E-state index is 0.0872. The molecule has 1 unspecified atom stereocenters. The zero-order valence-corrected chi connectivity index (χ0v) is 17.0. The molecule has 0 radical (unpaired) electrons. The molecule has 11 heteroatoms. The molecule has 1 aromatic heterocycles. The van der Waals surface area contributed by atoms with E-state index in [1.165, 1.54) is 4.90 Å². The molecule has 1 fully saturated rings. The second-order valence-electron chi connectivity index (χ2n) is 7.85.